The van der Waals surface area contributed by atoms with Crippen LogP contribution in [0.15, 0.2) is 42.7 Å². The number of carbonyl (C=O) groups is 1. The summed E-state index contributed by atoms with van der Waals surface area (Å²) in [6.07, 6.45) is 7.61. The number of rotatable bonds is 5. The van der Waals surface area contributed by atoms with Crippen molar-refractivity contribution in [2.75, 3.05) is 5.32 Å². The normalized spacial score (nSPS) is 19.8. The van der Waals surface area contributed by atoms with Gasteiger partial charge >= 0.3 is 0 Å². The average molecular weight is 403 g/mol. The van der Waals surface area contributed by atoms with E-state index in [0.717, 1.165) is 48.0 Å². The van der Waals surface area contributed by atoms with E-state index in [9.17, 15) is 10.1 Å². The molecule has 0 saturated heterocycles. The van der Waals surface area contributed by atoms with Gasteiger partial charge in [-0.05, 0) is 56.4 Å². The van der Waals surface area contributed by atoms with Crippen LogP contribution < -0.4 is 10.6 Å². The van der Waals surface area contributed by atoms with E-state index in [1.165, 1.54) is 0 Å². The highest BCUT2D eigenvalue weighted by atomic mass is 16.1. The summed E-state index contributed by atoms with van der Waals surface area (Å²) in [5, 5.41) is 16.8. The first-order valence-corrected chi connectivity index (χ1v) is 10.4. The predicted molar refractivity (Wildman–Crippen MR) is 116 cm³/mol. The molecule has 30 heavy (non-hydrogen) atoms. The van der Waals surface area contributed by atoms with E-state index < -0.39 is 0 Å². The second-order valence-electron chi connectivity index (χ2n) is 7.95. The lowest BCUT2D eigenvalue weighted by molar-refractivity contribution is -0.119. The zero-order valence-electron chi connectivity index (χ0n) is 17.3. The number of nitrogens with zero attached hydrogens (tertiary/aromatic N) is 4. The van der Waals surface area contributed by atoms with Crippen molar-refractivity contribution in [1.29, 1.82) is 5.26 Å². The quantitative estimate of drug-likeness (QED) is 0.675. The van der Waals surface area contributed by atoms with Crippen molar-refractivity contribution < 1.29 is 4.79 Å². The van der Waals surface area contributed by atoms with Gasteiger partial charge in [0.05, 0.1) is 17.5 Å². The molecule has 1 aliphatic carbocycles. The first kappa shape index (κ1) is 19.9. The maximum Gasteiger partial charge on any atom is 0.224 e. The van der Waals surface area contributed by atoms with Gasteiger partial charge in [-0.1, -0.05) is 12.1 Å². The number of fused-ring (bicyclic) bond motifs is 1. The lowest BCUT2D eigenvalue weighted by Crippen LogP contribution is -2.39. The molecule has 1 amide bonds. The van der Waals surface area contributed by atoms with Gasteiger partial charge in [-0.15, -0.1) is 0 Å². The lowest BCUT2D eigenvalue weighted by atomic mass is 9.91. The number of anilines is 1. The van der Waals surface area contributed by atoms with Gasteiger partial charge < -0.3 is 15.2 Å². The highest BCUT2D eigenvalue weighted by Gasteiger charge is 2.22. The summed E-state index contributed by atoms with van der Waals surface area (Å²) in [6, 6.07) is 12.8. The summed E-state index contributed by atoms with van der Waals surface area (Å²) in [5.41, 5.74) is 2.05. The summed E-state index contributed by atoms with van der Waals surface area (Å²) in [4.78, 5) is 20.4. The Hall–Kier alpha value is -3.40. The molecule has 2 heterocycles. The molecular formula is C23H26N6O. The third kappa shape index (κ3) is 4.13. The highest BCUT2D eigenvalue weighted by molar-refractivity contribution is 5.86. The van der Waals surface area contributed by atoms with Crippen LogP contribution in [0, 0.1) is 11.3 Å². The minimum absolute atomic E-state index is 0.0358. The van der Waals surface area contributed by atoms with E-state index in [4.69, 9.17) is 4.98 Å². The first-order chi connectivity index (χ1) is 14.5. The first-order valence-electron chi connectivity index (χ1n) is 10.4. The van der Waals surface area contributed by atoms with Crippen LogP contribution in [-0.2, 0) is 4.79 Å². The SMILES string of the molecule is CC(=O)NC1CCC(Nc2nccc(-n3ccc4c(C(C)C#N)cccc43)n2)CC1. The van der Waals surface area contributed by atoms with Gasteiger partial charge in [0.2, 0.25) is 11.9 Å². The van der Waals surface area contributed by atoms with Crippen LogP contribution in [0.3, 0.4) is 0 Å². The molecule has 1 aromatic carbocycles. The fourth-order valence-corrected chi connectivity index (χ4v) is 4.24. The Morgan fingerprint density at radius 1 is 1.20 bits per heavy atom. The molecule has 3 aromatic rings. The van der Waals surface area contributed by atoms with Gasteiger partial charge in [-0.3, -0.25) is 4.79 Å². The monoisotopic (exact) mass is 402 g/mol. The molecule has 4 rings (SSSR count). The maximum atomic E-state index is 11.2. The molecule has 1 atom stereocenters. The Labute approximate surface area is 176 Å². The number of nitrogens with one attached hydrogen (secondary N) is 2. The second kappa shape index (κ2) is 8.54. The Morgan fingerprint density at radius 2 is 1.97 bits per heavy atom. The molecule has 154 valence electrons. The summed E-state index contributed by atoms with van der Waals surface area (Å²) in [7, 11) is 0. The van der Waals surface area contributed by atoms with Gasteiger partial charge in [-0.2, -0.15) is 10.2 Å². The van der Waals surface area contributed by atoms with Gasteiger partial charge in [-0.25, -0.2) is 4.98 Å². The zero-order valence-corrected chi connectivity index (χ0v) is 17.3. The molecule has 1 fully saturated rings. The van der Waals surface area contributed by atoms with Crippen molar-refractivity contribution in [2.24, 2.45) is 0 Å². The van der Waals surface area contributed by atoms with E-state index in [-0.39, 0.29) is 17.9 Å². The van der Waals surface area contributed by atoms with Crippen LogP contribution in [0.2, 0.25) is 0 Å². The minimum atomic E-state index is -0.167. The standard InChI is InChI=1S/C23H26N6O/c1-15(14-24)19-4-3-5-21-20(19)11-13-29(21)22-10-12-25-23(28-22)27-18-8-6-17(7-9-18)26-16(2)30/h3-5,10-13,15,17-18H,6-9H2,1-2H3,(H,26,30)(H,25,27,28). The van der Waals surface area contributed by atoms with Gasteiger partial charge in [0.25, 0.3) is 0 Å². The molecule has 0 spiro atoms. The fraction of sp³-hybridized carbons (Fsp3) is 0.391. The third-order valence-corrected chi connectivity index (χ3v) is 5.78. The molecule has 0 bridgehead atoms. The smallest absolute Gasteiger partial charge is 0.224 e. The van der Waals surface area contributed by atoms with Gasteiger partial charge in [0.15, 0.2) is 0 Å². The highest BCUT2D eigenvalue weighted by Crippen LogP contribution is 2.28. The number of nitriles is 1. The zero-order chi connectivity index (χ0) is 21.1. The van der Waals surface area contributed by atoms with Crippen molar-refractivity contribution in [3.63, 3.8) is 0 Å². The van der Waals surface area contributed by atoms with Gasteiger partial charge in [0.1, 0.15) is 5.82 Å². The maximum absolute atomic E-state index is 11.2. The molecule has 0 radical (unpaired) electrons. The minimum Gasteiger partial charge on any atom is -0.354 e. The molecule has 1 aliphatic rings. The molecular weight excluding hydrogens is 376 g/mol. The van der Waals surface area contributed by atoms with Crippen molar-refractivity contribution >= 4 is 22.8 Å². The number of aromatic nitrogens is 3. The third-order valence-electron chi connectivity index (χ3n) is 5.78. The molecule has 1 saturated carbocycles. The topological polar surface area (TPSA) is 95.6 Å². The molecule has 0 aliphatic heterocycles. The molecule has 7 heteroatoms. The van der Waals surface area contributed by atoms with E-state index in [0.29, 0.717) is 12.0 Å². The molecule has 2 N–H and O–H groups in total. The number of amides is 1. The van der Waals surface area contributed by atoms with Crippen LogP contribution in [0.4, 0.5) is 5.95 Å². The number of benzene rings is 1. The Balaban J connectivity index is 1.52. The van der Waals surface area contributed by atoms with E-state index >= 15 is 0 Å². The van der Waals surface area contributed by atoms with E-state index in [1.807, 2.05) is 48.0 Å². The van der Waals surface area contributed by atoms with Crippen molar-refractivity contribution in [2.45, 2.75) is 57.5 Å². The predicted octanol–water partition coefficient (Wildman–Crippen LogP) is 3.91. The Bertz CT molecular complexity index is 1090. The van der Waals surface area contributed by atoms with Crippen LogP contribution in [0.5, 0.6) is 0 Å². The number of hydrogen-bond donors (Lipinski definition) is 2. The Kier molecular flexibility index (Phi) is 5.66. The number of hydrogen-bond acceptors (Lipinski definition) is 5. The van der Waals surface area contributed by atoms with Crippen molar-refractivity contribution in [3.05, 3.63) is 48.3 Å². The molecule has 7 nitrogen and oxygen atoms in total. The van der Waals surface area contributed by atoms with Crippen LogP contribution in [-0.4, -0.2) is 32.5 Å². The van der Waals surface area contributed by atoms with Crippen LogP contribution in [0.1, 0.15) is 51.0 Å². The summed E-state index contributed by atoms with van der Waals surface area (Å²) >= 11 is 0. The van der Waals surface area contributed by atoms with Crippen LogP contribution in [0.25, 0.3) is 16.7 Å². The molecule has 2 aromatic heterocycles. The van der Waals surface area contributed by atoms with Crippen molar-refractivity contribution in [3.8, 4) is 11.9 Å². The number of carbonyl (C=O) groups excluding carboxylic acids is 1. The lowest BCUT2D eigenvalue weighted by Gasteiger charge is -2.29. The summed E-state index contributed by atoms with van der Waals surface area (Å²) < 4.78 is 2.03. The average Bonchev–Trinajstić information content (AvgIpc) is 3.19. The fourth-order valence-electron chi connectivity index (χ4n) is 4.24. The van der Waals surface area contributed by atoms with Gasteiger partial charge in [0, 0.05) is 36.8 Å². The van der Waals surface area contributed by atoms with E-state index in [1.54, 1.807) is 13.1 Å². The second-order valence-corrected chi connectivity index (χ2v) is 7.95. The van der Waals surface area contributed by atoms with E-state index in [2.05, 4.69) is 21.7 Å². The largest absolute Gasteiger partial charge is 0.354 e. The summed E-state index contributed by atoms with van der Waals surface area (Å²) in [6.45, 7) is 3.48. The molecule has 1 unspecified atom stereocenters. The summed E-state index contributed by atoms with van der Waals surface area (Å²) in [5.74, 6) is 1.27. The Morgan fingerprint density at radius 3 is 2.70 bits per heavy atom. The van der Waals surface area contributed by atoms with Crippen LogP contribution >= 0.6 is 0 Å². The van der Waals surface area contributed by atoms with Crippen molar-refractivity contribution in [1.82, 2.24) is 19.9 Å².